The second-order valence-electron chi connectivity index (χ2n) is 6.40. The fourth-order valence-electron chi connectivity index (χ4n) is 2.32. The van der Waals surface area contributed by atoms with Crippen molar-refractivity contribution in [3.63, 3.8) is 0 Å². The van der Waals surface area contributed by atoms with Gasteiger partial charge in [0.2, 0.25) is 15.3 Å². The van der Waals surface area contributed by atoms with E-state index in [0.717, 1.165) is 25.2 Å². The van der Waals surface area contributed by atoms with E-state index in [9.17, 15) is 13.5 Å². The summed E-state index contributed by atoms with van der Waals surface area (Å²) in [4.78, 5) is 7.24. The topological polar surface area (TPSA) is 92.2 Å². The Morgan fingerprint density at radius 2 is 1.76 bits per heavy atom. The molecule has 0 spiro atoms. The van der Waals surface area contributed by atoms with E-state index in [0.29, 0.717) is 12.8 Å². The average molecular weight is 334 g/mol. The molecule has 118 valence electrons. The molecule has 1 saturated carbocycles. The van der Waals surface area contributed by atoms with Gasteiger partial charge in [-0.3, -0.25) is 0 Å². The second-order valence-corrected chi connectivity index (χ2v) is 8.51. The molecule has 1 aromatic rings. The number of halogens is 1. The van der Waals surface area contributed by atoms with E-state index in [-0.39, 0.29) is 22.1 Å². The lowest BCUT2D eigenvalue weighted by Crippen LogP contribution is -2.46. The van der Waals surface area contributed by atoms with Crippen molar-refractivity contribution in [2.24, 2.45) is 5.41 Å². The zero-order chi connectivity index (χ0) is 15.7. The Morgan fingerprint density at radius 1 is 1.24 bits per heavy atom. The van der Waals surface area contributed by atoms with Crippen LogP contribution < -0.4 is 4.72 Å². The Hall–Kier alpha value is -0.760. The van der Waals surface area contributed by atoms with Crippen molar-refractivity contribution >= 4 is 21.6 Å². The van der Waals surface area contributed by atoms with Crippen molar-refractivity contribution in [2.75, 3.05) is 6.54 Å². The van der Waals surface area contributed by atoms with E-state index in [1.807, 2.05) is 0 Å². The highest BCUT2D eigenvalue weighted by Crippen LogP contribution is 2.39. The van der Waals surface area contributed by atoms with E-state index in [1.54, 1.807) is 0 Å². The predicted molar refractivity (Wildman–Crippen MR) is 79.4 cm³/mol. The van der Waals surface area contributed by atoms with Crippen molar-refractivity contribution in [3.8, 4) is 0 Å². The van der Waals surface area contributed by atoms with Gasteiger partial charge in [0, 0.05) is 6.54 Å². The third-order valence-electron chi connectivity index (χ3n) is 4.03. The van der Waals surface area contributed by atoms with Crippen LogP contribution in [0.25, 0.3) is 0 Å². The SMILES string of the molecule is CC1(C)CCC(O)(CNS(=O)(=O)c2cnc(Cl)nc2)CC1. The highest BCUT2D eigenvalue weighted by Gasteiger charge is 2.37. The molecule has 0 saturated heterocycles. The lowest BCUT2D eigenvalue weighted by molar-refractivity contribution is -0.0205. The summed E-state index contributed by atoms with van der Waals surface area (Å²) in [6.07, 6.45) is 5.20. The summed E-state index contributed by atoms with van der Waals surface area (Å²) in [5.74, 6) is 0. The molecule has 0 atom stereocenters. The van der Waals surface area contributed by atoms with Gasteiger partial charge in [-0.15, -0.1) is 0 Å². The third kappa shape index (κ3) is 4.35. The number of nitrogens with one attached hydrogen (secondary N) is 1. The summed E-state index contributed by atoms with van der Waals surface area (Å²) in [5, 5.41) is 10.5. The van der Waals surface area contributed by atoms with Crippen LogP contribution in [-0.4, -0.2) is 35.6 Å². The van der Waals surface area contributed by atoms with E-state index in [1.165, 1.54) is 0 Å². The quantitative estimate of drug-likeness (QED) is 0.819. The van der Waals surface area contributed by atoms with E-state index < -0.39 is 15.6 Å². The monoisotopic (exact) mass is 333 g/mol. The van der Waals surface area contributed by atoms with E-state index >= 15 is 0 Å². The van der Waals surface area contributed by atoms with Gasteiger partial charge in [0.15, 0.2) is 0 Å². The Bertz CT molecular complexity index is 592. The minimum absolute atomic E-state index is 0.00591. The van der Waals surface area contributed by atoms with Crippen LogP contribution in [0.4, 0.5) is 0 Å². The molecule has 1 heterocycles. The van der Waals surface area contributed by atoms with Crippen LogP contribution in [0.3, 0.4) is 0 Å². The molecular formula is C13H20ClN3O3S. The first-order chi connectivity index (χ1) is 9.62. The first kappa shape index (κ1) is 16.6. The molecule has 0 bridgehead atoms. The normalized spacial score (nSPS) is 21.1. The number of aromatic nitrogens is 2. The molecule has 0 aliphatic heterocycles. The highest BCUT2D eigenvalue weighted by atomic mass is 35.5. The third-order valence-corrected chi connectivity index (χ3v) is 5.58. The van der Waals surface area contributed by atoms with Crippen LogP contribution in [0, 0.1) is 5.41 Å². The van der Waals surface area contributed by atoms with Crippen LogP contribution in [-0.2, 0) is 10.0 Å². The van der Waals surface area contributed by atoms with Crippen LogP contribution in [0.1, 0.15) is 39.5 Å². The molecule has 6 nitrogen and oxygen atoms in total. The van der Waals surface area contributed by atoms with Gasteiger partial charge in [-0.05, 0) is 42.7 Å². The Labute approximate surface area is 130 Å². The van der Waals surface area contributed by atoms with Gasteiger partial charge in [-0.2, -0.15) is 0 Å². The van der Waals surface area contributed by atoms with Crippen molar-refractivity contribution in [3.05, 3.63) is 17.7 Å². The molecule has 2 rings (SSSR count). The molecule has 1 fully saturated rings. The summed E-state index contributed by atoms with van der Waals surface area (Å²) < 4.78 is 26.7. The molecule has 0 amide bonds. The zero-order valence-corrected chi connectivity index (χ0v) is 13.7. The highest BCUT2D eigenvalue weighted by molar-refractivity contribution is 7.89. The fourth-order valence-corrected chi connectivity index (χ4v) is 3.43. The molecule has 0 radical (unpaired) electrons. The van der Waals surface area contributed by atoms with Crippen LogP contribution in [0.5, 0.6) is 0 Å². The lowest BCUT2D eigenvalue weighted by atomic mass is 9.71. The molecule has 1 aromatic heterocycles. The second kappa shape index (κ2) is 5.79. The number of rotatable bonds is 4. The summed E-state index contributed by atoms with van der Waals surface area (Å²) in [5.41, 5.74) is -0.787. The summed E-state index contributed by atoms with van der Waals surface area (Å²) >= 11 is 5.53. The largest absolute Gasteiger partial charge is 0.389 e. The van der Waals surface area contributed by atoms with Gasteiger partial charge >= 0.3 is 0 Å². The molecule has 0 unspecified atom stereocenters. The van der Waals surface area contributed by atoms with Crippen molar-refractivity contribution in [1.29, 1.82) is 0 Å². The number of aliphatic hydroxyl groups is 1. The van der Waals surface area contributed by atoms with Crippen LogP contribution in [0.15, 0.2) is 17.3 Å². The minimum Gasteiger partial charge on any atom is -0.389 e. The number of nitrogens with zero attached hydrogens (tertiary/aromatic N) is 2. The maximum atomic E-state index is 12.1. The number of hydrogen-bond donors (Lipinski definition) is 2. The molecule has 0 aromatic carbocycles. The molecular weight excluding hydrogens is 314 g/mol. The standard InChI is InChI=1S/C13H20ClN3O3S/c1-12(2)3-5-13(18,6-4-12)9-17-21(19,20)10-7-15-11(14)16-8-10/h7-8,17-18H,3-6,9H2,1-2H3. The first-order valence-electron chi connectivity index (χ1n) is 6.82. The van der Waals surface area contributed by atoms with Gasteiger partial charge in [-0.1, -0.05) is 13.8 Å². The summed E-state index contributed by atoms with van der Waals surface area (Å²) in [7, 11) is -3.74. The maximum absolute atomic E-state index is 12.1. The van der Waals surface area contributed by atoms with Gasteiger partial charge in [0.1, 0.15) is 4.90 Å². The van der Waals surface area contributed by atoms with Crippen molar-refractivity contribution in [1.82, 2.24) is 14.7 Å². The maximum Gasteiger partial charge on any atom is 0.243 e. The Balaban J connectivity index is 2.00. The van der Waals surface area contributed by atoms with Crippen LogP contribution in [0.2, 0.25) is 5.28 Å². The van der Waals surface area contributed by atoms with E-state index in [4.69, 9.17) is 11.6 Å². The Kier molecular flexibility index (Phi) is 4.58. The van der Waals surface area contributed by atoms with Crippen molar-refractivity contribution in [2.45, 2.75) is 50.0 Å². The average Bonchev–Trinajstić information content (AvgIpc) is 2.42. The first-order valence-corrected chi connectivity index (χ1v) is 8.68. The predicted octanol–water partition coefficient (Wildman–Crippen LogP) is 1.74. The van der Waals surface area contributed by atoms with Gasteiger partial charge in [0.05, 0.1) is 18.0 Å². The van der Waals surface area contributed by atoms with Crippen LogP contribution >= 0.6 is 11.6 Å². The fraction of sp³-hybridized carbons (Fsp3) is 0.692. The molecule has 1 aliphatic carbocycles. The smallest absolute Gasteiger partial charge is 0.243 e. The van der Waals surface area contributed by atoms with Gasteiger partial charge in [0.25, 0.3) is 0 Å². The van der Waals surface area contributed by atoms with E-state index in [2.05, 4.69) is 28.5 Å². The van der Waals surface area contributed by atoms with Gasteiger partial charge in [-0.25, -0.2) is 23.1 Å². The zero-order valence-electron chi connectivity index (χ0n) is 12.1. The number of sulfonamides is 1. The molecule has 8 heteroatoms. The summed E-state index contributed by atoms with van der Waals surface area (Å²) in [6, 6.07) is 0. The lowest BCUT2D eigenvalue weighted by Gasteiger charge is -2.40. The number of hydrogen-bond acceptors (Lipinski definition) is 5. The van der Waals surface area contributed by atoms with Crippen molar-refractivity contribution < 1.29 is 13.5 Å². The molecule has 21 heavy (non-hydrogen) atoms. The molecule has 2 N–H and O–H groups in total. The summed E-state index contributed by atoms with van der Waals surface area (Å²) in [6.45, 7) is 4.30. The van der Waals surface area contributed by atoms with Gasteiger partial charge < -0.3 is 5.11 Å². The minimum atomic E-state index is -3.74. The Morgan fingerprint density at radius 3 is 2.29 bits per heavy atom. The molecule has 1 aliphatic rings.